The maximum absolute atomic E-state index is 12.1. The zero-order valence-corrected chi connectivity index (χ0v) is 13.1. The van der Waals surface area contributed by atoms with Crippen LogP contribution in [0.15, 0.2) is 36.7 Å². The number of anilines is 2. The Kier molecular flexibility index (Phi) is 5.43. The minimum absolute atomic E-state index is 0.197. The Morgan fingerprint density at radius 1 is 1.23 bits per heavy atom. The Balaban J connectivity index is 2.03. The molecule has 1 amide bonds. The first-order valence-electron chi connectivity index (χ1n) is 7.14. The number of nitrogens with zero attached hydrogens (tertiary/aromatic N) is 3. The van der Waals surface area contributed by atoms with Gasteiger partial charge in [0.2, 0.25) is 0 Å². The number of aromatic nitrogens is 2. The van der Waals surface area contributed by atoms with Crippen molar-refractivity contribution in [1.29, 1.82) is 0 Å². The molecule has 2 aromatic rings. The lowest BCUT2D eigenvalue weighted by Crippen LogP contribution is -2.31. The van der Waals surface area contributed by atoms with Gasteiger partial charge in [-0.1, -0.05) is 18.2 Å². The van der Waals surface area contributed by atoms with Crippen LogP contribution in [0.1, 0.15) is 16.1 Å². The van der Waals surface area contributed by atoms with Crippen LogP contribution < -0.4 is 10.6 Å². The van der Waals surface area contributed by atoms with Crippen molar-refractivity contribution in [3.8, 4) is 0 Å². The smallest absolute Gasteiger partial charge is 0.270 e. The third-order valence-electron chi connectivity index (χ3n) is 3.15. The third kappa shape index (κ3) is 4.53. The molecule has 0 saturated carbocycles. The molecular weight excluding hydrogens is 278 g/mol. The van der Waals surface area contributed by atoms with E-state index in [1.165, 1.54) is 6.33 Å². The molecular formula is C16H21N5O. The maximum Gasteiger partial charge on any atom is 0.270 e. The number of aryl methyl sites for hydroxylation is 1. The minimum Gasteiger partial charge on any atom is -0.349 e. The Hall–Kier alpha value is -2.47. The van der Waals surface area contributed by atoms with Crippen LogP contribution in [0, 0.1) is 6.92 Å². The number of likely N-dealkylation sites (N-methyl/N-ethyl adjacent to an activating group) is 1. The van der Waals surface area contributed by atoms with Crippen molar-refractivity contribution in [3.63, 3.8) is 0 Å². The second-order valence-corrected chi connectivity index (χ2v) is 5.29. The highest BCUT2D eigenvalue weighted by Crippen LogP contribution is 2.18. The molecule has 1 aromatic heterocycles. The maximum atomic E-state index is 12.1. The molecule has 2 rings (SSSR count). The van der Waals surface area contributed by atoms with E-state index < -0.39 is 0 Å². The van der Waals surface area contributed by atoms with Crippen molar-refractivity contribution in [2.75, 3.05) is 32.5 Å². The van der Waals surface area contributed by atoms with Crippen LogP contribution in [-0.2, 0) is 0 Å². The second-order valence-electron chi connectivity index (χ2n) is 5.29. The van der Waals surface area contributed by atoms with Crippen LogP contribution in [0.3, 0.4) is 0 Å². The van der Waals surface area contributed by atoms with E-state index >= 15 is 0 Å². The molecule has 0 atom stereocenters. The molecule has 2 N–H and O–H groups in total. The van der Waals surface area contributed by atoms with Crippen molar-refractivity contribution < 1.29 is 4.79 Å². The predicted octanol–water partition coefficient (Wildman–Crippen LogP) is 1.82. The number of amides is 1. The second kappa shape index (κ2) is 7.51. The highest BCUT2D eigenvalue weighted by Gasteiger charge is 2.09. The summed E-state index contributed by atoms with van der Waals surface area (Å²) in [7, 11) is 3.92. The van der Waals surface area contributed by atoms with Crippen LogP contribution in [0.25, 0.3) is 0 Å². The number of carbonyl (C=O) groups excluding carboxylic acids is 1. The highest BCUT2D eigenvalue weighted by atomic mass is 16.1. The van der Waals surface area contributed by atoms with Crippen molar-refractivity contribution >= 4 is 17.4 Å². The summed E-state index contributed by atoms with van der Waals surface area (Å²) < 4.78 is 0. The van der Waals surface area contributed by atoms with Gasteiger partial charge in [0.05, 0.1) is 0 Å². The molecule has 6 nitrogen and oxygen atoms in total. The van der Waals surface area contributed by atoms with Gasteiger partial charge in [-0.05, 0) is 32.6 Å². The summed E-state index contributed by atoms with van der Waals surface area (Å²) in [4.78, 5) is 22.2. The quantitative estimate of drug-likeness (QED) is 0.851. The Morgan fingerprint density at radius 3 is 2.73 bits per heavy atom. The number of benzene rings is 1. The average molecular weight is 299 g/mol. The fourth-order valence-electron chi connectivity index (χ4n) is 1.88. The fraction of sp³-hybridized carbons (Fsp3) is 0.312. The molecule has 0 aliphatic carbocycles. The van der Waals surface area contributed by atoms with Gasteiger partial charge in [0, 0.05) is 24.8 Å². The van der Waals surface area contributed by atoms with Gasteiger partial charge in [0.25, 0.3) is 5.91 Å². The Bertz CT molecular complexity index is 642. The molecule has 0 bridgehead atoms. The van der Waals surface area contributed by atoms with Gasteiger partial charge in [0.1, 0.15) is 17.8 Å². The largest absolute Gasteiger partial charge is 0.349 e. The van der Waals surface area contributed by atoms with E-state index in [-0.39, 0.29) is 5.91 Å². The third-order valence-corrected chi connectivity index (χ3v) is 3.15. The summed E-state index contributed by atoms with van der Waals surface area (Å²) >= 11 is 0. The highest BCUT2D eigenvalue weighted by molar-refractivity contribution is 5.92. The molecule has 1 heterocycles. The summed E-state index contributed by atoms with van der Waals surface area (Å²) in [6, 6.07) is 9.56. The first kappa shape index (κ1) is 15.9. The normalized spacial score (nSPS) is 10.5. The van der Waals surface area contributed by atoms with Gasteiger partial charge in [-0.2, -0.15) is 0 Å². The zero-order valence-electron chi connectivity index (χ0n) is 13.1. The van der Waals surface area contributed by atoms with E-state index in [0.29, 0.717) is 18.1 Å². The molecule has 6 heteroatoms. The number of para-hydroxylation sites is 1. The number of nitrogens with one attached hydrogen (secondary N) is 2. The topological polar surface area (TPSA) is 70.2 Å². The van der Waals surface area contributed by atoms with Crippen molar-refractivity contribution in [1.82, 2.24) is 20.2 Å². The zero-order chi connectivity index (χ0) is 15.9. The predicted molar refractivity (Wildman–Crippen MR) is 87.4 cm³/mol. The Morgan fingerprint density at radius 2 is 2.00 bits per heavy atom. The van der Waals surface area contributed by atoms with Crippen LogP contribution in [0.2, 0.25) is 0 Å². The lowest BCUT2D eigenvalue weighted by molar-refractivity contribution is 0.0946. The van der Waals surface area contributed by atoms with E-state index in [1.807, 2.05) is 50.2 Å². The minimum atomic E-state index is -0.197. The molecule has 1 aromatic carbocycles. The number of rotatable bonds is 6. The molecule has 0 aliphatic rings. The lowest BCUT2D eigenvalue weighted by Gasteiger charge is -2.11. The van der Waals surface area contributed by atoms with E-state index in [4.69, 9.17) is 0 Å². The van der Waals surface area contributed by atoms with E-state index in [0.717, 1.165) is 17.8 Å². The first-order valence-corrected chi connectivity index (χ1v) is 7.14. The summed E-state index contributed by atoms with van der Waals surface area (Å²) in [5.74, 6) is 0.402. The molecule has 0 saturated heterocycles. The molecule has 116 valence electrons. The summed E-state index contributed by atoms with van der Waals surface area (Å²) in [5.41, 5.74) is 2.42. The van der Waals surface area contributed by atoms with Crippen molar-refractivity contribution in [3.05, 3.63) is 47.9 Å². The van der Waals surface area contributed by atoms with Crippen LogP contribution in [0.5, 0.6) is 0 Å². The van der Waals surface area contributed by atoms with Gasteiger partial charge in [-0.15, -0.1) is 0 Å². The lowest BCUT2D eigenvalue weighted by atomic mass is 10.2. The molecule has 0 radical (unpaired) electrons. The van der Waals surface area contributed by atoms with Crippen LogP contribution in [-0.4, -0.2) is 48.0 Å². The first-order chi connectivity index (χ1) is 10.6. The van der Waals surface area contributed by atoms with Gasteiger partial charge in [-0.25, -0.2) is 9.97 Å². The summed E-state index contributed by atoms with van der Waals surface area (Å²) in [5, 5.41) is 6.04. The van der Waals surface area contributed by atoms with Crippen LogP contribution in [0.4, 0.5) is 11.5 Å². The van der Waals surface area contributed by atoms with Crippen LogP contribution >= 0.6 is 0 Å². The molecule has 22 heavy (non-hydrogen) atoms. The van der Waals surface area contributed by atoms with Gasteiger partial charge >= 0.3 is 0 Å². The summed E-state index contributed by atoms with van der Waals surface area (Å²) in [6.07, 6.45) is 1.39. The fourth-order valence-corrected chi connectivity index (χ4v) is 1.88. The van der Waals surface area contributed by atoms with Crippen molar-refractivity contribution in [2.45, 2.75) is 6.92 Å². The van der Waals surface area contributed by atoms with Gasteiger partial charge < -0.3 is 15.5 Å². The number of carbonyl (C=O) groups is 1. The molecule has 0 unspecified atom stereocenters. The SMILES string of the molecule is Cc1ccccc1Nc1cc(C(=O)NCCN(C)C)ncn1. The van der Waals surface area contributed by atoms with Gasteiger partial charge in [-0.3, -0.25) is 4.79 Å². The average Bonchev–Trinajstić information content (AvgIpc) is 2.49. The molecule has 0 spiro atoms. The Labute approximate surface area is 130 Å². The standard InChI is InChI=1S/C16H21N5O/c1-12-6-4-5-7-13(12)20-15-10-14(18-11-19-15)16(22)17-8-9-21(2)3/h4-7,10-11H,8-9H2,1-3H3,(H,17,22)(H,18,19,20). The monoisotopic (exact) mass is 299 g/mol. The summed E-state index contributed by atoms with van der Waals surface area (Å²) in [6.45, 7) is 3.37. The van der Waals surface area contributed by atoms with E-state index in [1.54, 1.807) is 6.07 Å². The van der Waals surface area contributed by atoms with Gasteiger partial charge in [0.15, 0.2) is 0 Å². The molecule has 0 aliphatic heterocycles. The number of hydrogen-bond acceptors (Lipinski definition) is 5. The number of hydrogen-bond donors (Lipinski definition) is 2. The van der Waals surface area contributed by atoms with E-state index in [2.05, 4.69) is 20.6 Å². The van der Waals surface area contributed by atoms with Crippen molar-refractivity contribution in [2.24, 2.45) is 0 Å². The van der Waals surface area contributed by atoms with E-state index in [9.17, 15) is 4.79 Å². The molecule has 0 fully saturated rings.